The van der Waals surface area contributed by atoms with Crippen LogP contribution in [0.4, 0.5) is 0 Å². The Morgan fingerprint density at radius 1 is 0.500 bits per heavy atom. The van der Waals surface area contributed by atoms with E-state index in [0.717, 1.165) is 103 Å². The number of esters is 2. The van der Waals surface area contributed by atoms with Gasteiger partial charge in [-0.1, -0.05) is 180 Å². The number of rotatable bonds is 42. The minimum Gasteiger partial charge on any atom is -0.462 e. The number of hydrogen-bond donors (Lipinski definition) is 2. The molecular weight excluding hydrogens is 798 g/mol. The molecule has 0 fully saturated rings. The normalized spacial score (nSPS) is 14.3. The van der Waals surface area contributed by atoms with Crippen LogP contribution in [0, 0.1) is 0 Å². The first-order valence-corrected chi connectivity index (χ1v) is 25.0. The maximum Gasteiger partial charge on any atom is 0.472 e. The van der Waals surface area contributed by atoms with Crippen LogP contribution in [-0.4, -0.2) is 49.3 Å². The molecule has 2 unspecified atom stereocenters. The highest BCUT2D eigenvalue weighted by Gasteiger charge is 2.26. The van der Waals surface area contributed by atoms with Crippen LogP contribution in [0.25, 0.3) is 0 Å². The number of phosphoric acid groups is 1. The lowest BCUT2D eigenvalue weighted by Gasteiger charge is -2.19. The second-order valence-corrected chi connectivity index (χ2v) is 16.3. The van der Waals surface area contributed by atoms with Crippen LogP contribution < -0.4 is 5.73 Å². The molecule has 0 saturated heterocycles. The van der Waals surface area contributed by atoms with Crippen molar-refractivity contribution >= 4 is 19.8 Å². The molecule has 350 valence electrons. The predicted molar refractivity (Wildman–Crippen MR) is 261 cm³/mol. The standard InChI is InChI=1S/C52H84NO8P/c1-3-5-7-9-11-13-14-15-16-17-18-19-20-21-22-23-24-25-26-27-28-29-30-31-32-33-34-35-36-37-39-41-43-45-52(55)61-50(49-60-62(56,57)59-47-46-53)48-58-51(54)44-42-40-38-12-10-8-6-4-2/h5,7,11,13,15-16,18-19,21-22,24-25,27-28,30-31,33-34,36-37,50H,3-4,6,8-10,12,14,17,20,23,26,29,32,35,38-49,53H2,1-2H3,(H,56,57)/b7-5-,13-11-,16-15-,19-18-,22-21-,25-24-,28-27-,31-30-,34-33-,37-36-. The van der Waals surface area contributed by atoms with E-state index in [9.17, 15) is 19.0 Å². The van der Waals surface area contributed by atoms with E-state index < -0.39 is 32.5 Å². The molecule has 0 spiro atoms. The summed E-state index contributed by atoms with van der Waals surface area (Å²) in [5, 5.41) is 0. The summed E-state index contributed by atoms with van der Waals surface area (Å²) in [6.45, 7) is 3.50. The highest BCUT2D eigenvalue weighted by atomic mass is 31.2. The van der Waals surface area contributed by atoms with Crippen LogP contribution in [0.3, 0.4) is 0 Å². The Labute approximate surface area is 377 Å². The Hall–Kier alpha value is -3.59. The number of carbonyl (C=O) groups is 2. The van der Waals surface area contributed by atoms with E-state index in [1.54, 1.807) is 0 Å². The summed E-state index contributed by atoms with van der Waals surface area (Å²) in [7, 11) is -4.39. The van der Waals surface area contributed by atoms with Gasteiger partial charge in [0.05, 0.1) is 13.2 Å². The van der Waals surface area contributed by atoms with E-state index in [2.05, 4.69) is 135 Å². The van der Waals surface area contributed by atoms with Crippen LogP contribution >= 0.6 is 7.82 Å². The zero-order valence-electron chi connectivity index (χ0n) is 38.5. The molecular formula is C52H84NO8P. The molecule has 0 amide bonds. The third kappa shape index (κ3) is 45.9. The molecule has 0 bridgehead atoms. The molecule has 2 atom stereocenters. The summed E-state index contributed by atoms with van der Waals surface area (Å²) < 4.78 is 32.6. The molecule has 0 aliphatic carbocycles. The quantitative estimate of drug-likeness (QED) is 0.0266. The summed E-state index contributed by atoms with van der Waals surface area (Å²) in [5.74, 6) is -0.896. The van der Waals surface area contributed by atoms with Gasteiger partial charge in [-0.05, 0) is 89.9 Å². The highest BCUT2D eigenvalue weighted by Crippen LogP contribution is 2.43. The van der Waals surface area contributed by atoms with Crippen LogP contribution in [0.15, 0.2) is 122 Å². The van der Waals surface area contributed by atoms with Gasteiger partial charge in [-0.3, -0.25) is 18.6 Å². The van der Waals surface area contributed by atoms with Crippen LogP contribution in [0.2, 0.25) is 0 Å². The van der Waals surface area contributed by atoms with Gasteiger partial charge in [0.1, 0.15) is 6.61 Å². The minimum absolute atomic E-state index is 0.0401. The van der Waals surface area contributed by atoms with E-state index in [-0.39, 0.29) is 32.6 Å². The third-order valence-electron chi connectivity index (χ3n) is 9.11. The summed E-state index contributed by atoms with van der Waals surface area (Å²) >= 11 is 0. The number of allylic oxidation sites excluding steroid dienone is 20. The van der Waals surface area contributed by atoms with Crippen LogP contribution in [-0.2, 0) is 32.7 Å². The average Bonchev–Trinajstić information content (AvgIpc) is 3.26. The van der Waals surface area contributed by atoms with Gasteiger partial charge < -0.3 is 20.1 Å². The van der Waals surface area contributed by atoms with Crippen molar-refractivity contribution < 1.29 is 37.6 Å². The van der Waals surface area contributed by atoms with Crippen LogP contribution in [0.1, 0.15) is 162 Å². The third-order valence-corrected chi connectivity index (χ3v) is 10.1. The highest BCUT2D eigenvalue weighted by molar-refractivity contribution is 7.47. The van der Waals surface area contributed by atoms with Gasteiger partial charge in [-0.25, -0.2) is 4.57 Å². The predicted octanol–water partition coefficient (Wildman–Crippen LogP) is 14.1. The molecule has 0 heterocycles. The SMILES string of the molecule is CC/C=C\C/C=C\C/C=C\C/C=C\C/C=C\C/C=C\C/C=C\C/C=C\C/C=C\C/C=C\CCCCC(=O)OC(COC(=O)CCCCCCCCCC)COP(=O)(O)OCCN. The average molecular weight is 882 g/mol. The van der Waals surface area contributed by atoms with E-state index in [1.807, 2.05) is 0 Å². The Morgan fingerprint density at radius 2 is 0.887 bits per heavy atom. The largest absolute Gasteiger partial charge is 0.472 e. The van der Waals surface area contributed by atoms with Crippen molar-refractivity contribution in [3.63, 3.8) is 0 Å². The molecule has 0 aliphatic heterocycles. The van der Waals surface area contributed by atoms with Crippen molar-refractivity contribution in [2.45, 2.75) is 168 Å². The molecule has 0 rings (SSSR count). The lowest BCUT2D eigenvalue weighted by Crippen LogP contribution is -2.29. The number of hydrogen-bond acceptors (Lipinski definition) is 8. The van der Waals surface area contributed by atoms with Crippen molar-refractivity contribution in [1.82, 2.24) is 0 Å². The Bertz CT molecular complexity index is 1420. The molecule has 0 aromatic carbocycles. The Morgan fingerprint density at radius 3 is 1.32 bits per heavy atom. The van der Waals surface area contributed by atoms with Crippen LogP contribution in [0.5, 0.6) is 0 Å². The van der Waals surface area contributed by atoms with Gasteiger partial charge in [0.2, 0.25) is 0 Å². The number of phosphoric ester groups is 1. The van der Waals surface area contributed by atoms with E-state index >= 15 is 0 Å². The first kappa shape index (κ1) is 58.4. The number of unbranched alkanes of at least 4 members (excludes halogenated alkanes) is 9. The zero-order valence-corrected chi connectivity index (χ0v) is 39.4. The fourth-order valence-corrected chi connectivity index (χ4v) is 6.43. The van der Waals surface area contributed by atoms with Crippen molar-refractivity contribution in [2.75, 3.05) is 26.4 Å². The molecule has 0 radical (unpaired) electrons. The molecule has 62 heavy (non-hydrogen) atoms. The van der Waals surface area contributed by atoms with Gasteiger partial charge in [0.15, 0.2) is 6.10 Å². The topological polar surface area (TPSA) is 134 Å². The van der Waals surface area contributed by atoms with Gasteiger partial charge >= 0.3 is 19.8 Å². The fourth-order valence-electron chi connectivity index (χ4n) is 5.66. The lowest BCUT2D eigenvalue weighted by atomic mass is 10.1. The number of nitrogens with two attached hydrogens (primary N) is 1. The molecule has 9 nitrogen and oxygen atoms in total. The maximum absolute atomic E-state index is 12.6. The first-order chi connectivity index (χ1) is 30.3. The number of ether oxygens (including phenoxy) is 2. The van der Waals surface area contributed by atoms with Gasteiger partial charge in [-0.2, -0.15) is 0 Å². The maximum atomic E-state index is 12.6. The molecule has 0 aromatic rings. The molecule has 3 N–H and O–H groups in total. The van der Waals surface area contributed by atoms with Crippen molar-refractivity contribution in [3.8, 4) is 0 Å². The van der Waals surface area contributed by atoms with Gasteiger partial charge in [0, 0.05) is 19.4 Å². The van der Waals surface area contributed by atoms with E-state index in [4.69, 9.17) is 24.3 Å². The van der Waals surface area contributed by atoms with Crippen molar-refractivity contribution in [3.05, 3.63) is 122 Å². The smallest absolute Gasteiger partial charge is 0.462 e. The monoisotopic (exact) mass is 882 g/mol. The number of carbonyl (C=O) groups excluding carboxylic acids is 2. The molecule has 0 saturated carbocycles. The Balaban J connectivity index is 4.13. The van der Waals surface area contributed by atoms with Crippen molar-refractivity contribution in [2.24, 2.45) is 5.73 Å². The molecule has 10 heteroatoms. The van der Waals surface area contributed by atoms with Crippen molar-refractivity contribution in [1.29, 1.82) is 0 Å². The van der Waals surface area contributed by atoms with Gasteiger partial charge in [0.25, 0.3) is 0 Å². The molecule has 0 aromatic heterocycles. The summed E-state index contributed by atoms with van der Waals surface area (Å²) in [6, 6.07) is 0. The zero-order chi connectivity index (χ0) is 45.3. The summed E-state index contributed by atoms with van der Waals surface area (Å²) in [6.07, 6.45) is 64.1. The summed E-state index contributed by atoms with van der Waals surface area (Å²) in [4.78, 5) is 34.7. The second kappa shape index (κ2) is 46.9. The summed E-state index contributed by atoms with van der Waals surface area (Å²) in [5.41, 5.74) is 5.33. The van der Waals surface area contributed by atoms with Gasteiger partial charge in [-0.15, -0.1) is 0 Å². The second-order valence-electron chi connectivity index (χ2n) is 14.9. The Kier molecular flexibility index (Phi) is 44.2. The minimum atomic E-state index is -4.39. The first-order valence-electron chi connectivity index (χ1n) is 23.5. The van der Waals surface area contributed by atoms with E-state index in [0.29, 0.717) is 6.42 Å². The molecule has 0 aliphatic rings. The lowest BCUT2D eigenvalue weighted by molar-refractivity contribution is -0.161. The fraction of sp³-hybridized carbons (Fsp3) is 0.577. The van der Waals surface area contributed by atoms with E-state index in [1.165, 1.54) is 25.7 Å².